The fraction of sp³-hybridized carbons (Fsp3) is 0.545. The van der Waals surface area contributed by atoms with E-state index in [9.17, 15) is 4.79 Å². The van der Waals surface area contributed by atoms with Crippen LogP contribution in [0.1, 0.15) is 30.1 Å². The Morgan fingerprint density at radius 2 is 2.24 bits per heavy atom. The van der Waals surface area contributed by atoms with E-state index in [2.05, 4.69) is 20.0 Å². The van der Waals surface area contributed by atoms with Gasteiger partial charge in [-0.2, -0.15) is 0 Å². The molecular weight excluding hydrogens is 242 g/mol. The molecule has 0 aliphatic heterocycles. The van der Waals surface area contributed by atoms with Crippen LogP contribution in [0.3, 0.4) is 0 Å². The van der Waals surface area contributed by atoms with E-state index in [0.29, 0.717) is 16.9 Å². The predicted molar refractivity (Wildman–Crippen MR) is 64.3 cm³/mol. The standard InChI is InChI=1S/C11H14ClN3O2/c1-6-9(12)14-11(7-3-4-7)15-10(6)13-5-8(16)17-2/h7H,3-5H2,1-2H3,(H,13,14,15). The normalized spacial score (nSPS) is 14.5. The summed E-state index contributed by atoms with van der Waals surface area (Å²) >= 11 is 6.03. The van der Waals surface area contributed by atoms with Crippen molar-refractivity contribution in [3.63, 3.8) is 0 Å². The Balaban J connectivity index is 2.16. The van der Waals surface area contributed by atoms with Crippen molar-refractivity contribution in [3.8, 4) is 0 Å². The number of methoxy groups -OCH3 is 1. The van der Waals surface area contributed by atoms with E-state index in [0.717, 1.165) is 24.2 Å². The topological polar surface area (TPSA) is 64.1 Å². The van der Waals surface area contributed by atoms with Gasteiger partial charge in [0.25, 0.3) is 0 Å². The number of esters is 1. The van der Waals surface area contributed by atoms with Gasteiger partial charge in [0, 0.05) is 11.5 Å². The van der Waals surface area contributed by atoms with Crippen LogP contribution in [-0.4, -0.2) is 29.6 Å². The zero-order valence-electron chi connectivity index (χ0n) is 9.79. The quantitative estimate of drug-likeness (QED) is 0.658. The van der Waals surface area contributed by atoms with Gasteiger partial charge >= 0.3 is 5.97 Å². The number of nitrogens with one attached hydrogen (secondary N) is 1. The molecule has 1 aliphatic carbocycles. The van der Waals surface area contributed by atoms with Crippen molar-refractivity contribution >= 4 is 23.4 Å². The molecule has 0 spiro atoms. The number of hydrogen-bond acceptors (Lipinski definition) is 5. The molecule has 1 heterocycles. The first-order valence-corrected chi connectivity index (χ1v) is 5.84. The van der Waals surface area contributed by atoms with Gasteiger partial charge < -0.3 is 10.1 Å². The average Bonchev–Trinajstić information content (AvgIpc) is 3.14. The number of carbonyl (C=O) groups is 1. The molecule has 1 aliphatic rings. The van der Waals surface area contributed by atoms with Crippen LogP contribution in [0.15, 0.2) is 0 Å². The minimum absolute atomic E-state index is 0.0782. The third-order valence-corrected chi connectivity index (χ3v) is 3.04. The van der Waals surface area contributed by atoms with Gasteiger partial charge in [-0.1, -0.05) is 11.6 Å². The summed E-state index contributed by atoms with van der Waals surface area (Å²) in [5.74, 6) is 1.45. The molecule has 2 rings (SSSR count). The maximum absolute atomic E-state index is 11.1. The molecule has 0 aromatic carbocycles. The summed E-state index contributed by atoms with van der Waals surface area (Å²) in [5.41, 5.74) is 0.750. The van der Waals surface area contributed by atoms with E-state index < -0.39 is 0 Å². The maximum Gasteiger partial charge on any atom is 0.325 e. The Morgan fingerprint density at radius 3 is 2.82 bits per heavy atom. The zero-order chi connectivity index (χ0) is 12.4. The molecule has 5 nitrogen and oxygen atoms in total. The molecule has 0 atom stereocenters. The van der Waals surface area contributed by atoms with E-state index in [1.165, 1.54) is 7.11 Å². The molecular formula is C11H14ClN3O2. The lowest BCUT2D eigenvalue weighted by atomic mass is 10.3. The van der Waals surface area contributed by atoms with Crippen LogP contribution in [0.25, 0.3) is 0 Å². The van der Waals surface area contributed by atoms with Crippen LogP contribution in [0.5, 0.6) is 0 Å². The molecule has 1 aromatic rings. The molecule has 92 valence electrons. The molecule has 0 radical (unpaired) electrons. The van der Waals surface area contributed by atoms with Gasteiger partial charge in [-0.25, -0.2) is 9.97 Å². The Hall–Kier alpha value is -1.36. The highest BCUT2D eigenvalue weighted by molar-refractivity contribution is 6.30. The third kappa shape index (κ3) is 2.85. The smallest absolute Gasteiger partial charge is 0.325 e. The van der Waals surface area contributed by atoms with Crippen molar-refractivity contribution in [2.45, 2.75) is 25.7 Å². The van der Waals surface area contributed by atoms with E-state index in [-0.39, 0.29) is 12.5 Å². The van der Waals surface area contributed by atoms with E-state index >= 15 is 0 Å². The summed E-state index contributed by atoms with van der Waals surface area (Å²) < 4.78 is 4.55. The van der Waals surface area contributed by atoms with Gasteiger partial charge in [-0.15, -0.1) is 0 Å². The molecule has 1 N–H and O–H groups in total. The average molecular weight is 256 g/mol. The van der Waals surface area contributed by atoms with E-state index in [1.54, 1.807) is 0 Å². The van der Waals surface area contributed by atoms with Crippen molar-refractivity contribution < 1.29 is 9.53 Å². The zero-order valence-corrected chi connectivity index (χ0v) is 10.5. The van der Waals surface area contributed by atoms with Crippen molar-refractivity contribution in [1.29, 1.82) is 0 Å². The van der Waals surface area contributed by atoms with Crippen LogP contribution in [0, 0.1) is 6.92 Å². The van der Waals surface area contributed by atoms with Gasteiger partial charge in [-0.3, -0.25) is 4.79 Å². The molecule has 0 saturated heterocycles. The van der Waals surface area contributed by atoms with Gasteiger partial charge in [0.15, 0.2) is 0 Å². The lowest BCUT2D eigenvalue weighted by Gasteiger charge is -2.10. The highest BCUT2D eigenvalue weighted by atomic mass is 35.5. The monoisotopic (exact) mass is 255 g/mol. The molecule has 1 fully saturated rings. The predicted octanol–water partition coefficient (Wildman–Crippen LogP) is 1.90. The van der Waals surface area contributed by atoms with Crippen LogP contribution < -0.4 is 5.32 Å². The first-order valence-electron chi connectivity index (χ1n) is 5.46. The number of anilines is 1. The fourth-order valence-corrected chi connectivity index (χ4v) is 1.61. The largest absolute Gasteiger partial charge is 0.468 e. The van der Waals surface area contributed by atoms with Crippen LogP contribution in [0.2, 0.25) is 5.15 Å². The fourth-order valence-electron chi connectivity index (χ4n) is 1.43. The summed E-state index contributed by atoms with van der Waals surface area (Å²) in [6.45, 7) is 1.90. The second-order valence-corrected chi connectivity index (χ2v) is 4.41. The molecule has 0 bridgehead atoms. The van der Waals surface area contributed by atoms with Gasteiger partial charge in [-0.05, 0) is 19.8 Å². The molecule has 0 amide bonds. The SMILES string of the molecule is COC(=O)CNc1nc(C2CC2)nc(Cl)c1C. The minimum atomic E-state index is -0.341. The highest BCUT2D eigenvalue weighted by Crippen LogP contribution is 2.39. The second kappa shape index (κ2) is 4.87. The number of ether oxygens (including phenoxy) is 1. The van der Waals surface area contributed by atoms with Crippen molar-refractivity contribution in [2.75, 3.05) is 19.0 Å². The number of carbonyl (C=O) groups excluding carboxylic acids is 1. The Bertz CT molecular complexity index is 447. The Kier molecular flexibility index (Phi) is 3.47. The second-order valence-electron chi connectivity index (χ2n) is 4.05. The van der Waals surface area contributed by atoms with Crippen molar-refractivity contribution in [1.82, 2.24) is 9.97 Å². The summed E-state index contributed by atoms with van der Waals surface area (Å²) in [7, 11) is 1.35. The third-order valence-electron chi connectivity index (χ3n) is 2.67. The maximum atomic E-state index is 11.1. The van der Waals surface area contributed by atoms with Crippen LogP contribution >= 0.6 is 11.6 Å². The van der Waals surface area contributed by atoms with Gasteiger partial charge in [0.05, 0.1) is 7.11 Å². The van der Waals surface area contributed by atoms with Crippen LogP contribution in [-0.2, 0) is 9.53 Å². The first kappa shape index (κ1) is 12.1. The highest BCUT2D eigenvalue weighted by Gasteiger charge is 2.28. The summed E-state index contributed by atoms with van der Waals surface area (Å²) in [5, 5.41) is 3.36. The Morgan fingerprint density at radius 1 is 1.53 bits per heavy atom. The number of hydrogen-bond donors (Lipinski definition) is 1. The van der Waals surface area contributed by atoms with Gasteiger partial charge in [0.1, 0.15) is 23.3 Å². The summed E-state index contributed by atoms with van der Waals surface area (Å²) in [6, 6.07) is 0. The molecule has 17 heavy (non-hydrogen) atoms. The molecule has 1 aromatic heterocycles. The summed E-state index contributed by atoms with van der Waals surface area (Å²) in [4.78, 5) is 19.7. The molecule has 1 saturated carbocycles. The van der Waals surface area contributed by atoms with Crippen molar-refractivity contribution in [3.05, 3.63) is 16.5 Å². The lowest BCUT2D eigenvalue weighted by Crippen LogP contribution is -2.17. The first-order chi connectivity index (χ1) is 8.11. The number of rotatable bonds is 4. The van der Waals surface area contributed by atoms with E-state index in [1.807, 2.05) is 6.92 Å². The number of halogens is 1. The Labute approximate surface area is 105 Å². The summed E-state index contributed by atoms with van der Waals surface area (Å²) in [6.07, 6.45) is 2.21. The van der Waals surface area contributed by atoms with Gasteiger partial charge in [0.2, 0.25) is 0 Å². The number of aromatic nitrogens is 2. The van der Waals surface area contributed by atoms with E-state index in [4.69, 9.17) is 11.6 Å². The van der Waals surface area contributed by atoms with Crippen LogP contribution in [0.4, 0.5) is 5.82 Å². The molecule has 0 unspecified atom stereocenters. The number of nitrogens with zero attached hydrogens (tertiary/aromatic N) is 2. The molecule has 6 heteroatoms. The minimum Gasteiger partial charge on any atom is -0.468 e. The lowest BCUT2D eigenvalue weighted by molar-refractivity contribution is -0.138. The van der Waals surface area contributed by atoms with Crippen molar-refractivity contribution in [2.24, 2.45) is 0 Å².